The van der Waals surface area contributed by atoms with E-state index >= 15 is 0 Å². The van der Waals surface area contributed by atoms with Crippen LogP contribution in [0.1, 0.15) is 39.2 Å². The molecule has 0 spiro atoms. The Morgan fingerprint density at radius 1 is 1.11 bits per heavy atom. The van der Waals surface area contributed by atoms with Crippen LogP contribution in [-0.4, -0.2) is 40.2 Å². The highest BCUT2D eigenvalue weighted by atomic mass is 16.3. The van der Waals surface area contributed by atoms with E-state index in [4.69, 9.17) is 4.98 Å². The van der Waals surface area contributed by atoms with E-state index in [2.05, 4.69) is 47.9 Å². The van der Waals surface area contributed by atoms with Crippen LogP contribution in [0.3, 0.4) is 0 Å². The molecular formula is C20H24N5O2+. The summed E-state index contributed by atoms with van der Waals surface area (Å²) in [4.78, 5) is 23.1. The molecule has 0 radical (unpaired) electrons. The molecule has 1 N–H and O–H groups in total. The maximum Gasteiger partial charge on any atom is 0.376 e. The number of benzene rings is 1. The second-order valence-corrected chi connectivity index (χ2v) is 8.15. The molecule has 1 fully saturated rings. The Balaban J connectivity index is 1.78. The Labute approximate surface area is 157 Å². The largest absolute Gasteiger partial charge is 0.393 e. The highest BCUT2D eigenvalue weighted by Gasteiger charge is 2.29. The van der Waals surface area contributed by atoms with Crippen LogP contribution in [0.2, 0.25) is 0 Å². The number of carbonyl (C=O) groups excluding carboxylic acids is 1. The van der Waals surface area contributed by atoms with Crippen molar-refractivity contribution in [3.8, 4) is 11.4 Å². The van der Waals surface area contributed by atoms with Gasteiger partial charge < -0.3 is 5.11 Å². The van der Waals surface area contributed by atoms with Gasteiger partial charge in [-0.05, 0) is 23.1 Å². The average molecular weight is 366 g/mol. The standard InChI is InChI=1S/C20H24N5O2/c1-20(2,3)14-6-4-13(5-7-14)18-21-16-12-17(27)23-25(16)19(22-18)24-10-8-15(26)9-11-24/h4-7,12,15,26H,8-11H2,1-3H3/q+1. The fourth-order valence-corrected chi connectivity index (χ4v) is 3.37. The van der Waals surface area contributed by atoms with Crippen LogP contribution in [0, 0.1) is 0 Å². The molecule has 0 atom stereocenters. The molecule has 140 valence electrons. The molecule has 4 rings (SSSR count). The van der Waals surface area contributed by atoms with Crippen molar-refractivity contribution < 1.29 is 14.3 Å². The van der Waals surface area contributed by atoms with Crippen LogP contribution in [-0.2, 0) is 10.2 Å². The SMILES string of the molecule is CC(C)(C)c1ccc(-c2nc(N3CCC(O)CC3)[n+]3c(n2)=CC(=O)N=3)cc1. The van der Waals surface area contributed by atoms with Gasteiger partial charge in [-0.15, -0.1) is 0 Å². The van der Waals surface area contributed by atoms with Crippen molar-refractivity contribution in [1.82, 2.24) is 9.97 Å². The number of hydrogen-bond donors (Lipinski definition) is 1. The summed E-state index contributed by atoms with van der Waals surface area (Å²) in [6.07, 6.45) is 2.49. The first-order valence-corrected chi connectivity index (χ1v) is 9.30. The van der Waals surface area contributed by atoms with Crippen LogP contribution in [0.5, 0.6) is 0 Å². The lowest BCUT2D eigenvalue weighted by atomic mass is 9.87. The summed E-state index contributed by atoms with van der Waals surface area (Å²) in [6.45, 7) is 7.87. The third-order valence-electron chi connectivity index (χ3n) is 5.04. The van der Waals surface area contributed by atoms with E-state index in [1.165, 1.54) is 16.0 Å². The molecule has 0 bridgehead atoms. The Kier molecular flexibility index (Phi) is 4.26. The summed E-state index contributed by atoms with van der Waals surface area (Å²) in [5, 5.41) is 13.8. The maximum atomic E-state index is 11.8. The van der Waals surface area contributed by atoms with E-state index in [1.54, 1.807) is 0 Å². The highest BCUT2D eigenvalue weighted by molar-refractivity contribution is 6.04. The topological polar surface area (TPSA) is 84.6 Å². The van der Waals surface area contributed by atoms with Gasteiger partial charge in [0.1, 0.15) is 0 Å². The molecule has 7 nitrogen and oxygen atoms in total. The van der Waals surface area contributed by atoms with E-state index < -0.39 is 0 Å². The molecule has 0 aliphatic carbocycles. The number of anilines is 1. The molecule has 7 heteroatoms. The summed E-state index contributed by atoms with van der Waals surface area (Å²) in [5.41, 5.74) is 2.71. The summed E-state index contributed by atoms with van der Waals surface area (Å²) in [5.74, 6) is 0.843. The number of aliphatic hydroxyl groups is 1. The van der Waals surface area contributed by atoms with E-state index in [0.717, 1.165) is 5.56 Å². The Bertz CT molecular complexity index is 1000. The number of hydrogen-bond acceptors (Lipinski definition) is 5. The van der Waals surface area contributed by atoms with Gasteiger partial charge in [-0.2, -0.15) is 0 Å². The van der Waals surface area contributed by atoms with E-state index in [9.17, 15) is 9.90 Å². The maximum absolute atomic E-state index is 11.8. The fourth-order valence-electron chi connectivity index (χ4n) is 3.37. The minimum Gasteiger partial charge on any atom is -0.393 e. The number of piperidine rings is 1. The second-order valence-electron chi connectivity index (χ2n) is 8.15. The predicted octanol–water partition coefficient (Wildman–Crippen LogP) is 1.04. The molecule has 2 aromatic rings. The van der Waals surface area contributed by atoms with Gasteiger partial charge in [-0.3, -0.25) is 9.69 Å². The molecule has 27 heavy (non-hydrogen) atoms. The summed E-state index contributed by atoms with van der Waals surface area (Å²) < 4.78 is 1.51. The molecular weight excluding hydrogens is 342 g/mol. The van der Waals surface area contributed by atoms with E-state index in [1.807, 2.05) is 12.1 Å². The van der Waals surface area contributed by atoms with Crippen LogP contribution in [0.4, 0.5) is 5.95 Å². The Morgan fingerprint density at radius 3 is 2.41 bits per heavy atom. The van der Waals surface area contributed by atoms with Crippen LogP contribution >= 0.6 is 0 Å². The molecule has 1 amide bonds. The first-order valence-electron chi connectivity index (χ1n) is 9.30. The summed E-state index contributed by atoms with van der Waals surface area (Å²) >= 11 is 0. The van der Waals surface area contributed by atoms with Gasteiger partial charge in [-0.25, -0.2) is 0 Å². The average Bonchev–Trinajstić information content (AvgIpc) is 3.01. The van der Waals surface area contributed by atoms with Gasteiger partial charge in [-0.1, -0.05) is 52.4 Å². The lowest BCUT2D eigenvalue weighted by Crippen LogP contribution is -2.48. The third kappa shape index (κ3) is 3.47. The van der Waals surface area contributed by atoms with Crippen LogP contribution in [0.25, 0.3) is 17.5 Å². The molecule has 0 unspecified atom stereocenters. The first kappa shape index (κ1) is 17.7. The highest BCUT2D eigenvalue weighted by Crippen LogP contribution is 2.25. The van der Waals surface area contributed by atoms with Crippen molar-refractivity contribution in [3.05, 3.63) is 35.3 Å². The number of rotatable bonds is 2. The minimum absolute atomic E-state index is 0.0754. The van der Waals surface area contributed by atoms with Crippen molar-refractivity contribution in [2.75, 3.05) is 18.0 Å². The number of amides is 1. The molecule has 1 aromatic carbocycles. The zero-order chi connectivity index (χ0) is 19.2. The predicted molar refractivity (Wildman–Crippen MR) is 101 cm³/mol. The van der Waals surface area contributed by atoms with Crippen molar-refractivity contribution in [2.24, 2.45) is 5.11 Å². The van der Waals surface area contributed by atoms with Gasteiger partial charge in [0.15, 0.2) is 0 Å². The van der Waals surface area contributed by atoms with Gasteiger partial charge in [0, 0.05) is 18.4 Å². The van der Waals surface area contributed by atoms with Gasteiger partial charge in [0.2, 0.25) is 0 Å². The van der Waals surface area contributed by atoms with Crippen molar-refractivity contribution in [3.63, 3.8) is 0 Å². The number of fused-ring (bicyclic) bond motifs is 1. The molecule has 3 heterocycles. The third-order valence-corrected chi connectivity index (χ3v) is 5.04. The minimum atomic E-state index is -0.331. The van der Waals surface area contributed by atoms with E-state index in [-0.39, 0.29) is 17.4 Å². The van der Waals surface area contributed by atoms with Crippen LogP contribution in [0.15, 0.2) is 29.4 Å². The Hall–Kier alpha value is -2.67. The van der Waals surface area contributed by atoms with Crippen molar-refractivity contribution in [2.45, 2.75) is 45.1 Å². The monoisotopic (exact) mass is 366 g/mol. The number of aromatic nitrogens is 3. The molecule has 1 saturated heterocycles. The van der Waals surface area contributed by atoms with Gasteiger partial charge >= 0.3 is 11.9 Å². The smallest absolute Gasteiger partial charge is 0.376 e. The van der Waals surface area contributed by atoms with Crippen molar-refractivity contribution in [1.29, 1.82) is 0 Å². The summed E-state index contributed by atoms with van der Waals surface area (Å²) in [7, 11) is 0. The van der Waals surface area contributed by atoms with Gasteiger partial charge in [0.25, 0.3) is 11.3 Å². The Morgan fingerprint density at radius 2 is 1.78 bits per heavy atom. The number of nitrogens with zero attached hydrogens (tertiary/aromatic N) is 5. The number of carbonyl (C=O) groups is 1. The lowest BCUT2D eigenvalue weighted by Gasteiger charge is -2.25. The fraction of sp³-hybridized carbons (Fsp3) is 0.450. The van der Waals surface area contributed by atoms with Gasteiger partial charge in [0.05, 0.1) is 25.3 Å². The zero-order valence-corrected chi connectivity index (χ0v) is 15.9. The van der Waals surface area contributed by atoms with Crippen LogP contribution < -0.4 is 14.7 Å². The van der Waals surface area contributed by atoms with Crippen molar-refractivity contribution >= 4 is 17.9 Å². The quantitative estimate of drug-likeness (QED) is 0.803. The summed E-state index contributed by atoms with van der Waals surface area (Å²) in [6, 6.07) is 8.22. The molecule has 2 aliphatic heterocycles. The van der Waals surface area contributed by atoms with E-state index in [0.29, 0.717) is 43.2 Å². The molecule has 1 aromatic heterocycles. The lowest BCUT2D eigenvalue weighted by molar-refractivity contribution is -0.547. The normalized spacial score (nSPS) is 17.5. The first-order chi connectivity index (χ1) is 12.8. The molecule has 2 aliphatic rings. The zero-order valence-electron chi connectivity index (χ0n) is 15.9. The molecule has 0 saturated carbocycles. The number of aliphatic hydroxyl groups excluding tert-OH is 1. The second kappa shape index (κ2) is 6.49.